The van der Waals surface area contributed by atoms with Gasteiger partial charge < -0.3 is 20.5 Å². The van der Waals surface area contributed by atoms with E-state index in [-0.39, 0.29) is 16.9 Å². The Morgan fingerprint density at radius 3 is 2.32 bits per heavy atom. The zero-order valence-corrected chi connectivity index (χ0v) is 17.7. The smallest absolute Gasteiger partial charge is 0.378 e. The van der Waals surface area contributed by atoms with Crippen molar-refractivity contribution in [1.29, 1.82) is 0 Å². The number of aliphatic hydroxyl groups is 2. The molecule has 0 spiro atoms. The number of nitrogens with two attached hydrogens (primary N) is 1. The summed E-state index contributed by atoms with van der Waals surface area (Å²) < 4.78 is 43.8. The van der Waals surface area contributed by atoms with Crippen LogP contribution < -0.4 is 5.73 Å². The van der Waals surface area contributed by atoms with E-state index in [1.807, 2.05) is 17.7 Å². The van der Waals surface area contributed by atoms with Gasteiger partial charge in [-0.1, -0.05) is 0 Å². The van der Waals surface area contributed by atoms with Gasteiger partial charge in [-0.2, -0.15) is 18.3 Å². The van der Waals surface area contributed by atoms with E-state index in [0.717, 1.165) is 56.8 Å². The summed E-state index contributed by atoms with van der Waals surface area (Å²) in [5, 5.41) is 25.2. The first-order chi connectivity index (χ1) is 14.4. The van der Waals surface area contributed by atoms with Crippen LogP contribution in [0.15, 0.2) is 12.3 Å². The molecule has 0 radical (unpaired) electrons. The van der Waals surface area contributed by atoms with Crippen LogP contribution >= 0.6 is 0 Å². The quantitative estimate of drug-likeness (QED) is 0.639. The lowest BCUT2D eigenvalue weighted by Crippen LogP contribution is -2.52. The zero-order valence-electron chi connectivity index (χ0n) is 17.7. The van der Waals surface area contributed by atoms with Gasteiger partial charge in [-0.05, 0) is 58.4 Å². The molecular weight excluding hydrogens is 411 g/mol. The predicted molar refractivity (Wildman–Crippen MR) is 106 cm³/mol. The Morgan fingerprint density at radius 1 is 1.16 bits per heavy atom. The van der Waals surface area contributed by atoms with Crippen molar-refractivity contribution in [3.8, 4) is 11.4 Å². The van der Waals surface area contributed by atoms with E-state index in [2.05, 4.69) is 4.98 Å². The summed E-state index contributed by atoms with van der Waals surface area (Å²) >= 11 is 0. The number of aromatic nitrogens is 4. The van der Waals surface area contributed by atoms with E-state index in [9.17, 15) is 23.4 Å². The zero-order chi connectivity index (χ0) is 22.4. The number of nitrogens with zero attached hydrogens (tertiary/aromatic N) is 4. The van der Waals surface area contributed by atoms with Crippen LogP contribution in [0.25, 0.3) is 11.4 Å². The van der Waals surface area contributed by atoms with Gasteiger partial charge >= 0.3 is 6.18 Å². The van der Waals surface area contributed by atoms with Crippen molar-refractivity contribution < 1.29 is 23.4 Å². The van der Waals surface area contributed by atoms with Gasteiger partial charge in [-0.15, -0.1) is 0 Å². The van der Waals surface area contributed by atoms with E-state index in [1.54, 1.807) is 0 Å². The Kier molecular flexibility index (Phi) is 4.28. The van der Waals surface area contributed by atoms with E-state index < -0.39 is 23.8 Å². The van der Waals surface area contributed by atoms with Crippen LogP contribution in [0.2, 0.25) is 0 Å². The number of hydrogen-bond donors (Lipinski definition) is 3. The average molecular weight is 439 g/mol. The number of fused-ring (bicyclic) bond motifs is 6. The molecule has 3 saturated carbocycles. The van der Waals surface area contributed by atoms with Crippen molar-refractivity contribution in [1.82, 2.24) is 19.3 Å². The highest BCUT2D eigenvalue weighted by atomic mass is 19.4. The molecule has 0 amide bonds. The maximum Gasteiger partial charge on any atom is 0.424 e. The second-order valence-electron chi connectivity index (χ2n) is 9.94. The fraction of sp³-hybridized carbons (Fsp3) is 0.714. The largest absolute Gasteiger partial charge is 0.424 e. The minimum atomic E-state index is -4.83. The predicted octanol–water partition coefficient (Wildman–Crippen LogP) is 2.96. The molecule has 0 saturated heterocycles. The van der Waals surface area contributed by atoms with Crippen molar-refractivity contribution >= 4 is 0 Å². The fourth-order valence-electron chi connectivity index (χ4n) is 5.88. The van der Waals surface area contributed by atoms with Gasteiger partial charge in [0.05, 0.1) is 35.9 Å². The summed E-state index contributed by atoms with van der Waals surface area (Å²) in [5.41, 5.74) is 4.74. The molecule has 3 aliphatic carbocycles. The van der Waals surface area contributed by atoms with Crippen LogP contribution in [-0.4, -0.2) is 41.9 Å². The van der Waals surface area contributed by atoms with Gasteiger partial charge in [0.1, 0.15) is 6.23 Å². The molecule has 6 rings (SSSR count). The van der Waals surface area contributed by atoms with E-state index in [1.165, 1.54) is 10.8 Å². The van der Waals surface area contributed by atoms with Crippen LogP contribution in [0.4, 0.5) is 13.2 Å². The van der Waals surface area contributed by atoms with Crippen LogP contribution in [0.5, 0.6) is 0 Å². The maximum atomic E-state index is 13.5. The number of hydrogen-bond acceptors (Lipinski definition) is 5. The first-order valence-electron chi connectivity index (χ1n) is 10.8. The molecule has 3 heterocycles. The molecule has 7 nitrogen and oxygen atoms in total. The highest BCUT2D eigenvalue weighted by Gasteiger charge is 2.56. The van der Waals surface area contributed by atoms with Gasteiger partial charge in [-0.3, -0.25) is 4.68 Å². The Labute approximate surface area is 178 Å². The maximum absolute atomic E-state index is 13.5. The second-order valence-corrected chi connectivity index (χ2v) is 9.94. The molecule has 2 aromatic heterocycles. The van der Waals surface area contributed by atoms with Crippen LogP contribution in [0.3, 0.4) is 0 Å². The highest BCUT2D eigenvalue weighted by Crippen LogP contribution is 2.58. The standard InChI is InChI=1S/C21H28F3N5O2/c1-12-11-28-13(14-10-26-17(29(12)14)18(2,31)21(22,23)24)9-15(27-28)19-3-6-20(7-4-19,8-5-19)16(25)30/h9-10,12,16,30-31H,3-8,11,25H2,1-2H3/t12-,16?,18+,19?,20?/m0/s1. The second kappa shape index (κ2) is 6.32. The van der Waals surface area contributed by atoms with E-state index in [4.69, 9.17) is 10.8 Å². The molecule has 31 heavy (non-hydrogen) atoms. The average Bonchev–Trinajstić information content (AvgIpc) is 3.33. The summed E-state index contributed by atoms with van der Waals surface area (Å²) in [6.45, 7) is 2.96. The Bertz CT molecular complexity index is 998. The topological polar surface area (TPSA) is 102 Å². The lowest BCUT2D eigenvalue weighted by Gasteiger charge is -2.53. The Morgan fingerprint density at radius 2 is 1.77 bits per heavy atom. The molecule has 1 unspecified atom stereocenters. The van der Waals surface area contributed by atoms with Gasteiger partial charge in [0, 0.05) is 10.8 Å². The van der Waals surface area contributed by atoms with Crippen LogP contribution in [-0.2, 0) is 17.6 Å². The van der Waals surface area contributed by atoms with E-state index in [0.29, 0.717) is 12.2 Å². The number of rotatable bonds is 3. The van der Waals surface area contributed by atoms with Crippen molar-refractivity contribution in [2.75, 3.05) is 0 Å². The van der Waals surface area contributed by atoms with Crippen molar-refractivity contribution in [3.63, 3.8) is 0 Å². The molecule has 3 fully saturated rings. The lowest BCUT2D eigenvalue weighted by atomic mass is 9.52. The monoisotopic (exact) mass is 439 g/mol. The number of alkyl halides is 3. The number of imidazole rings is 1. The van der Waals surface area contributed by atoms with Gasteiger partial charge in [0.25, 0.3) is 0 Å². The molecule has 4 N–H and O–H groups in total. The molecular formula is C21H28F3N5O2. The van der Waals surface area contributed by atoms with Crippen molar-refractivity contribution in [2.45, 2.75) is 88.4 Å². The first kappa shape index (κ1) is 21.0. The number of halogens is 3. The van der Waals surface area contributed by atoms with Gasteiger partial charge in [0.2, 0.25) is 5.60 Å². The first-order valence-corrected chi connectivity index (χ1v) is 10.8. The van der Waals surface area contributed by atoms with Crippen LogP contribution in [0, 0.1) is 5.41 Å². The molecule has 2 bridgehead atoms. The van der Waals surface area contributed by atoms with Crippen molar-refractivity contribution in [3.05, 3.63) is 23.8 Å². The molecule has 0 aromatic carbocycles. The third-order valence-electron chi connectivity index (χ3n) is 8.18. The van der Waals surface area contributed by atoms with Gasteiger partial charge in [0.15, 0.2) is 5.82 Å². The highest BCUT2D eigenvalue weighted by molar-refractivity contribution is 5.58. The summed E-state index contributed by atoms with van der Waals surface area (Å²) in [7, 11) is 0. The molecule has 10 heteroatoms. The summed E-state index contributed by atoms with van der Waals surface area (Å²) in [5.74, 6) is -0.397. The SMILES string of the molecule is C[C@H]1Cn2nc(C34CCC(C(N)O)(CC3)CC4)cc2-c2cnc([C@@](C)(O)C(F)(F)F)n21. The number of aliphatic hydroxyl groups excluding tert-OH is 1. The lowest BCUT2D eigenvalue weighted by molar-refractivity contribution is -0.262. The Balaban J connectivity index is 1.53. The third-order valence-corrected chi connectivity index (χ3v) is 8.18. The molecule has 3 atom stereocenters. The third kappa shape index (κ3) is 2.77. The van der Waals surface area contributed by atoms with Crippen LogP contribution in [0.1, 0.15) is 69.9 Å². The molecule has 2 aromatic rings. The fourth-order valence-corrected chi connectivity index (χ4v) is 5.88. The molecule has 1 aliphatic heterocycles. The summed E-state index contributed by atoms with van der Waals surface area (Å²) in [4.78, 5) is 3.99. The summed E-state index contributed by atoms with van der Waals surface area (Å²) in [6.07, 6.45) is 0.968. The minimum absolute atomic E-state index is 0.0879. The molecule has 170 valence electrons. The van der Waals surface area contributed by atoms with Crippen molar-refractivity contribution in [2.24, 2.45) is 11.1 Å². The minimum Gasteiger partial charge on any atom is -0.378 e. The Hall–Kier alpha value is -1.91. The molecule has 4 aliphatic rings. The summed E-state index contributed by atoms with van der Waals surface area (Å²) in [6, 6.07) is 1.64. The van der Waals surface area contributed by atoms with E-state index >= 15 is 0 Å². The normalized spacial score (nSPS) is 33.0. The van der Waals surface area contributed by atoms with Gasteiger partial charge in [-0.25, -0.2) is 4.98 Å².